The van der Waals surface area contributed by atoms with Gasteiger partial charge < -0.3 is 5.73 Å². The number of nitrogens with two attached hydrogens (primary N) is 1. The average Bonchev–Trinajstić information content (AvgIpc) is 2.30. The molecular formula is C13H19BrN2O. The van der Waals surface area contributed by atoms with Crippen LogP contribution in [0.15, 0.2) is 28.7 Å². The highest BCUT2D eigenvalue weighted by atomic mass is 79.9. The molecular weight excluding hydrogens is 280 g/mol. The Morgan fingerprint density at radius 2 is 2.18 bits per heavy atom. The molecule has 4 heteroatoms. The molecule has 0 saturated heterocycles. The summed E-state index contributed by atoms with van der Waals surface area (Å²) in [4.78, 5) is 11.8. The molecule has 0 radical (unpaired) electrons. The van der Waals surface area contributed by atoms with Crippen LogP contribution in [0, 0.1) is 0 Å². The number of hydrogen-bond acceptors (Lipinski definition) is 2. The third-order valence-corrected chi connectivity index (χ3v) is 3.44. The summed E-state index contributed by atoms with van der Waals surface area (Å²) in [7, 11) is 0. The first-order valence-corrected chi connectivity index (χ1v) is 6.67. The Labute approximate surface area is 111 Å². The molecule has 94 valence electrons. The SMILES string of the molecule is CCCNC(CC)(C(N)=O)c1cccc(Br)c1. The van der Waals surface area contributed by atoms with Crippen LogP contribution in [0.1, 0.15) is 32.3 Å². The number of primary amides is 1. The fourth-order valence-corrected chi connectivity index (χ4v) is 2.33. The molecule has 1 amide bonds. The topological polar surface area (TPSA) is 55.1 Å². The van der Waals surface area contributed by atoms with Gasteiger partial charge in [-0.15, -0.1) is 0 Å². The van der Waals surface area contributed by atoms with Crippen LogP contribution < -0.4 is 11.1 Å². The molecule has 0 aliphatic carbocycles. The number of carbonyl (C=O) groups excluding carboxylic acids is 1. The predicted octanol–water partition coefficient (Wildman–Crippen LogP) is 2.54. The molecule has 0 bridgehead atoms. The van der Waals surface area contributed by atoms with Gasteiger partial charge in [0.1, 0.15) is 5.54 Å². The van der Waals surface area contributed by atoms with Crippen molar-refractivity contribution in [3.05, 3.63) is 34.3 Å². The highest BCUT2D eigenvalue weighted by Gasteiger charge is 2.35. The van der Waals surface area contributed by atoms with E-state index >= 15 is 0 Å². The Morgan fingerprint density at radius 1 is 1.47 bits per heavy atom. The minimum atomic E-state index is -0.764. The second kappa shape index (κ2) is 6.17. The normalized spacial score (nSPS) is 14.3. The van der Waals surface area contributed by atoms with Crippen LogP contribution in [-0.4, -0.2) is 12.5 Å². The molecule has 0 saturated carbocycles. The largest absolute Gasteiger partial charge is 0.368 e. The van der Waals surface area contributed by atoms with Crippen molar-refractivity contribution in [2.24, 2.45) is 5.73 Å². The number of carbonyl (C=O) groups is 1. The van der Waals surface area contributed by atoms with E-state index < -0.39 is 5.54 Å². The zero-order chi connectivity index (χ0) is 12.9. The molecule has 0 aliphatic heterocycles. The molecule has 1 aromatic carbocycles. The molecule has 0 aromatic heterocycles. The molecule has 0 fully saturated rings. The fourth-order valence-electron chi connectivity index (χ4n) is 1.93. The summed E-state index contributed by atoms with van der Waals surface area (Å²) < 4.78 is 0.951. The standard InChI is InChI=1S/C13H19BrN2O/c1-3-8-16-13(4-2,12(15)17)10-6-5-7-11(14)9-10/h5-7,9,16H,3-4,8H2,1-2H3,(H2,15,17). The third kappa shape index (κ3) is 3.07. The van der Waals surface area contributed by atoms with Gasteiger partial charge in [0.25, 0.3) is 0 Å². The summed E-state index contributed by atoms with van der Waals surface area (Å²) in [6.07, 6.45) is 1.60. The van der Waals surface area contributed by atoms with E-state index in [1.165, 1.54) is 0 Å². The first-order chi connectivity index (χ1) is 8.06. The van der Waals surface area contributed by atoms with Crippen molar-refractivity contribution in [3.8, 4) is 0 Å². The second-order valence-electron chi connectivity index (χ2n) is 4.06. The quantitative estimate of drug-likeness (QED) is 0.848. The van der Waals surface area contributed by atoms with Gasteiger partial charge in [-0.2, -0.15) is 0 Å². The molecule has 0 heterocycles. The van der Waals surface area contributed by atoms with E-state index in [9.17, 15) is 4.79 Å². The molecule has 3 N–H and O–H groups in total. The van der Waals surface area contributed by atoms with Crippen LogP contribution in [0.2, 0.25) is 0 Å². The highest BCUT2D eigenvalue weighted by Crippen LogP contribution is 2.27. The van der Waals surface area contributed by atoms with E-state index in [0.717, 1.165) is 23.0 Å². The second-order valence-corrected chi connectivity index (χ2v) is 4.98. The van der Waals surface area contributed by atoms with E-state index in [4.69, 9.17) is 5.73 Å². The van der Waals surface area contributed by atoms with Crippen molar-refractivity contribution in [1.82, 2.24) is 5.32 Å². The van der Waals surface area contributed by atoms with Gasteiger partial charge in [0.15, 0.2) is 0 Å². The van der Waals surface area contributed by atoms with E-state index in [1.54, 1.807) is 0 Å². The lowest BCUT2D eigenvalue weighted by Gasteiger charge is -2.31. The van der Waals surface area contributed by atoms with E-state index in [0.29, 0.717) is 6.42 Å². The molecule has 0 aliphatic rings. The summed E-state index contributed by atoms with van der Waals surface area (Å²) >= 11 is 3.42. The van der Waals surface area contributed by atoms with Crippen LogP contribution >= 0.6 is 15.9 Å². The summed E-state index contributed by atoms with van der Waals surface area (Å²) in [5.41, 5.74) is 5.74. The molecule has 1 unspecified atom stereocenters. The molecule has 0 spiro atoms. The number of hydrogen-bond donors (Lipinski definition) is 2. The van der Waals surface area contributed by atoms with Crippen LogP contribution in [0.5, 0.6) is 0 Å². The van der Waals surface area contributed by atoms with Gasteiger partial charge in [-0.3, -0.25) is 10.1 Å². The zero-order valence-electron chi connectivity index (χ0n) is 10.3. The smallest absolute Gasteiger partial charge is 0.242 e. The minimum Gasteiger partial charge on any atom is -0.368 e. The maximum Gasteiger partial charge on any atom is 0.242 e. The van der Waals surface area contributed by atoms with Crippen LogP contribution in [-0.2, 0) is 10.3 Å². The minimum absolute atomic E-state index is 0.327. The number of rotatable bonds is 6. The Bertz CT molecular complexity index is 395. The van der Waals surface area contributed by atoms with Gasteiger partial charge in [-0.25, -0.2) is 0 Å². The monoisotopic (exact) mass is 298 g/mol. The number of amides is 1. The van der Waals surface area contributed by atoms with Gasteiger partial charge in [-0.05, 0) is 37.1 Å². The maximum atomic E-state index is 11.8. The predicted molar refractivity (Wildman–Crippen MR) is 73.6 cm³/mol. The summed E-state index contributed by atoms with van der Waals surface area (Å²) in [5.74, 6) is -0.327. The van der Waals surface area contributed by atoms with Crippen molar-refractivity contribution >= 4 is 21.8 Å². The Morgan fingerprint density at radius 3 is 2.65 bits per heavy atom. The van der Waals surface area contributed by atoms with E-state index in [1.807, 2.05) is 31.2 Å². The third-order valence-electron chi connectivity index (χ3n) is 2.95. The molecule has 1 rings (SSSR count). The lowest BCUT2D eigenvalue weighted by Crippen LogP contribution is -2.52. The average molecular weight is 299 g/mol. The summed E-state index contributed by atoms with van der Waals surface area (Å²) in [6.45, 7) is 4.80. The van der Waals surface area contributed by atoms with Crippen molar-refractivity contribution in [2.75, 3.05) is 6.54 Å². The van der Waals surface area contributed by atoms with E-state index in [-0.39, 0.29) is 5.91 Å². The van der Waals surface area contributed by atoms with Gasteiger partial charge in [0.2, 0.25) is 5.91 Å². The van der Waals surface area contributed by atoms with Crippen molar-refractivity contribution in [2.45, 2.75) is 32.2 Å². The maximum absolute atomic E-state index is 11.8. The van der Waals surface area contributed by atoms with Crippen LogP contribution in [0.25, 0.3) is 0 Å². The zero-order valence-corrected chi connectivity index (χ0v) is 11.9. The lowest BCUT2D eigenvalue weighted by atomic mass is 9.86. The number of benzene rings is 1. The Kier molecular flexibility index (Phi) is 5.15. The highest BCUT2D eigenvalue weighted by molar-refractivity contribution is 9.10. The van der Waals surface area contributed by atoms with Crippen LogP contribution in [0.4, 0.5) is 0 Å². The van der Waals surface area contributed by atoms with Gasteiger partial charge >= 0.3 is 0 Å². The molecule has 1 aromatic rings. The molecule has 1 atom stereocenters. The first kappa shape index (κ1) is 14.2. The van der Waals surface area contributed by atoms with Gasteiger partial charge in [0, 0.05) is 4.47 Å². The Balaban J connectivity index is 3.16. The molecule has 3 nitrogen and oxygen atoms in total. The number of nitrogens with one attached hydrogen (secondary N) is 1. The lowest BCUT2D eigenvalue weighted by molar-refractivity contribution is -0.125. The van der Waals surface area contributed by atoms with E-state index in [2.05, 4.69) is 28.2 Å². The van der Waals surface area contributed by atoms with Gasteiger partial charge in [-0.1, -0.05) is 41.9 Å². The van der Waals surface area contributed by atoms with Crippen molar-refractivity contribution < 1.29 is 4.79 Å². The first-order valence-electron chi connectivity index (χ1n) is 5.87. The summed E-state index contributed by atoms with van der Waals surface area (Å²) in [6, 6.07) is 7.73. The number of halogens is 1. The molecule has 17 heavy (non-hydrogen) atoms. The summed E-state index contributed by atoms with van der Waals surface area (Å²) in [5, 5.41) is 3.28. The Hall–Kier alpha value is -0.870. The van der Waals surface area contributed by atoms with Crippen molar-refractivity contribution in [3.63, 3.8) is 0 Å². The van der Waals surface area contributed by atoms with Crippen molar-refractivity contribution in [1.29, 1.82) is 0 Å². The van der Waals surface area contributed by atoms with Crippen LogP contribution in [0.3, 0.4) is 0 Å². The van der Waals surface area contributed by atoms with Gasteiger partial charge in [0.05, 0.1) is 0 Å². The fraction of sp³-hybridized carbons (Fsp3) is 0.462.